The minimum Gasteiger partial charge on any atom is -0.504 e. The molecule has 2 N–H and O–H groups in total. The van der Waals surface area contributed by atoms with Crippen molar-refractivity contribution in [2.45, 2.75) is 46.6 Å². The van der Waals surface area contributed by atoms with Gasteiger partial charge in [0.1, 0.15) is 0 Å². The molecule has 0 saturated carbocycles. The third-order valence-electron chi connectivity index (χ3n) is 4.96. The largest absolute Gasteiger partial charge is 0.504 e. The van der Waals surface area contributed by atoms with Gasteiger partial charge in [-0.2, -0.15) is 0 Å². The van der Waals surface area contributed by atoms with Crippen molar-refractivity contribution in [3.8, 4) is 11.5 Å². The first kappa shape index (κ1) is 18.3. The molecule has 3 rings (SSSR count). The first-order chi connectivity index (χ1) is 12.3. The van der Waals surface area contributed by atoms with E-state index < -0.39 is 6.04 Å². The van der Waals surface area contributed by atoms with Crippen LogP contribution in [0, 0.1) is 5.41 Å². The lowest BCUT2D eigenvalue weighted by Gasteiger charge is -2.43. The summed E-state index contributed by atoms with van der Waals surface area (Å²) >= 11 is 0. The number of amides is 2. The first-order valence-corrected chi connectivity index (χ1v) is 9.07. The van der Waals surface area contributed by atoms with Crippen LogP contribution >= 0.6 is 0 Å². The van der Waals surface area contributed by atoms with Crippen molar-refractivity contribution in [1.82, 2.24) is 10.2 Å². The number of phenolic OH excluding ortho intramolecular Hbond substituents is 1. The third kappa shape index (κ3) is 3.16. The molecule has 1 heterocycles. The Morgan fingerprint density at radius 3 is 2.65 bits per heavy atom. The fraction of sp³-hybridized carbons (Fsp3) is 0.500. The second-order valence-electron chi connectivity index (χ2n) is 7.59. The number of Topliss-reactive ketones (excluding diaryl/α,β-unsaturated/α-hetero) is 1. The lowest BCUT2D eigenvalue weighted by Crippen LogP contribution is -2.50. The van der Waals surface area contributed by atoms with E-state index in [4.69, 9.17) is 4.74 Å². The number of phenols is 1. The Morgan fingerprint density at radius 1 is 1.27 bits per heavy atom. The third-order valence-corrected chi connectivity index (χ3v) is 4.96. The number of hydrogen-bond acceptors (Lipinski definition) is 4. The molecule has 0 spiro atoms. The molecule has 6 nitrogen and oxygen atoms in total. The van der Waals surface area contributed by atoms with Crippen molar-refractivity contribution < 1.29 is 19.4 Å². The van der Waals surface area contributed by atoms with Crippen molar-refractivity contribution in [2.75, 3.05) is 13.2 Å². The van der Waals surface area contributed by atoms with E-state index in [0.717, 1.165) is 11.3 Å². The molecule has 6 heteroatoms. The predicted molar refractivity (Wildman–Crippen MR) is 98.0 cm³/mol. The van der Waals surface area contributed by atoms with Crippen molar-refractivity contribution >= 4 is 11.8 Å². The maximum Gasteiger partial charge on any atom is 0.322 e. The Kier molecular flexibility index (Phi) is 4.69. The Labute approximate surface area is 153 Å². The average molecular weight is 358 g/mol. The van der Waals surface area contributed by atoms with Gasteiger partial charge in [-0.15, -0.1) is 0 Å². The van der Waals surface area contributed by atoms with Gasteiger partial charge in [-0.25, -0.2) is 4.79 Å². The summed E-state index contributed by atoms with van der Waals surface area (Å²) in [6, 6.07) is 4.23. The van der Waals surface area contributed by atoms with E-state index in [-0.39, 0.29) is 23.0 Å². The number of benzene rings is 1. The summed E-state index contributed by atoms with van der Waals surface area (Å²) in [4.78, 5) is 27.3. The highest BCUT2D eigenvalue weighted by Crippen LogP contribution is 2.44. The van der Waals surface area contributed by atoms with Gasteiger partial charge in [0.15, 0.2) is 17.3 Å². The van der Waals surface area contributed by atoms with Gasteiger partial charge in [0.05, 0.1) is 12.6 Å². The second-order valence-corrected chi connectivity index (χ2v) is 7.59. The number of rotatable bonds is 4. The SMILES string of the molecule is CCOc1cc(C2NC(=O)N(CC)C3=C2C(=O)CC(C)(C)C3)ccc1O. The quantitative estimate of drug-likeness (QED) is 0.863. The minimum atomic E-state index is -0.524. The van der Waals surface area contributed by atoms with Crippen LogP contribution in [-0.4, -0.2) is 35.0 Å². The molecule has 2 amide bonds. The summed E-state index contributed by atoms with van der Waals surface area (Å²) < 4.78 is 5.46. The minimum absolute atomic E-state index is 0.0400. The van der Waals surface area contributed by atoms with Crippen LogP contribution in [0.25, 0.3) is 0 Å². The van der Waals surface area contributed by atoms with Gasteiger partial charge in [0.2, 0.25) is 0 Å². The fourth-order valence-corrected chi connectivity index (χ4v) is 3.83. The molecular formula is C20H26N2O4. The number of allylic oxidation sites excluding steroid dienone is 1. The summed E-state index contributed by atoms with van der Waals surface area (Å²) in [7, 11) is 0. The molecule has 1 atom stereocenters. The van der Waals surface area contributed by atoms with E-state index in [1.165, 1.54) is 6.07 Å². The van der Waals surface area contributed by atoms with E-state index in [0.29, 0.717) is 37.3 Å². The van der Waals surface area contributed by atoms with Crippen LogP contribution in [0.15, 0.2) is 29.5 Å². The van der Waals surface area contributed by atoms with E-state index in [9.17, 15) is 14.7 Å². The lowest BCUT2D eigenvalue weighted by molar-refractivity contribution is -0.118. The number of ketones is 1. The highest BCUT2D eigenvalue weighted by atomic mass is 16.5. The Morgan fingerprint density at radius 2 is 2.00 bits per heavy atom. The zero-order chi connectivity index (χ0) is 19.1. The standard InChI is InChI=1S/C20H26N2O4/c1-5-22-13-10-20(3,4)11-15(24)17(13)18(21-19(22)25)12-7-8-14(23)16(9-12)26-6-2/h7-9,18,23H,5-6,10-11H2,1-4H3,(H,21,25). The second kappa shape index (κ2) is 6.67. The van der Waals surface area contributed by atoms with Crippen molar-refractivity contribution in [1.29, 1.82) is 0 Å². The number of nitrogens with zero attached hydrogens (tertiary/aromatic N) is 1. The number of hydrogen-bond donors (Lipinski definition) is 2. The molecule has 1 unspecified atom stereocenters. The molecule has 140 valence electrons. The molecule has 26 heavy (non-hydrogen) atoms. The lowest BCUT2D eigenvalue weighted by atomic mass is 9.72. The molecule has 0 aromatic heterocycles. The highest BCUT2D eigenvalue weighted by Gasteiger charge is 2.43. The van der Waals surface area contributed by atoms with Crippen molar-refractivity contribution in [2.24, 2.45) is 5.41 Å². The van der Waals surface area contributed by atoms with Crippen LogP contribution in [-0.2, 0) is 4.79 Å². The molecule has 0 radical (unpaired) electrons. The number of aromatic hydroxyl groups is 1. The Bertz CT molecular complexity index is 782. The Hall–Kier alpha value is -2.50. The zero-order valence-electron chi connectivity index (χ0n) is 15.8. The zero-order valence-corrected chi connectivity index (χ0v) is 15.8. The molecule has 0 fully saturated rings. The molecule has 1 aliphatic heterocycles. The van der Waals surface area contributed by atoms with E-state index in [1.807, 2.05) is 13.8 Å². The molecule has 1 aromatic carbocycles. The van der Waals surface area contributed by atoms with Crippen molar-refractivity contribution in [3.63, 3.8) is 0 Å². The Balaban J connectivity index is 2.11. The molecule has 1 aromatic rings. The van der Waals surface area contributed by atoms with Crippen LogP contribution in [0.3, 0.4) is 0 Å². The van der Waals surface area contributed by atoms with Gasteiger partial charge in [-0.1, -0.05) is 19.9 Å². The van der Waals surface area contributed by atoms with Crippen molar-refractivity contribution in [3.05, 3.63) is 35.0 Å². The normalized spacial score (nSPS) is 22.2. The number of urea groups is 1. The molecule has 0 saturated heterocycles. The van der Waals surface area contributed by atoms with Gasteiger partial charge < -0.3 is 15.2 Å². The van der Waals surface area contributed by atoms with E-state index in [1.54, 1.807) is 17.0 Å². The summed E-state index contributed by atoms with van der Waals surface area (Å²) in [5.41, 5.74) is 2.03. The summed E-state index contributed by atoms with van der Waals surface area (Å²) in [6.45, 7) is 8.78. The van der Waals surface area contributed by atoms with Crippen LogP contribution in [0.5, 0.6) is 11.5 Å². The maximum absolute atomic E-state index is 13.0. The average Bonchev–Trinajstić information content (AvgIpc) is 2.55. The van der Waals surface area contributed by atoms with Gasteiger partial charge in [-0.3, -0.25) is 9.69 Å². The van der Waals surface area contributed by atoms with E-state index >= 15 is 0 Å². The summed E-state index contributed by atoms with van der Waals surface area (Å²) in [5, 5.41) is 12.9. The summed E-state index contributed by atoms with van der Waals surface area (Å²) in [6.07, 6.45) is 1.13. The number of ether oxygens (including phenoxy) is 1. The molecular weight excluding hydrogens is 332 g/mol. The highest BCUT2D eigenvalue weighted by molar-refractivity contribution is 6.01. The fourth-order valence-electron chi connectivity index (χ4n) is 3.83. The predicted octanol–water partition coefficient (Wildman–Crippen LogP) is 3.52. The topological polar surface area (TPSA) is 78.9 Å². The van der Waals surface area contributed by atoms with Gasteiger partial charge >= 0.3 is 6.03 Å². The smallest absolute Gasteiger partial charge is 0.322 e. The molecule has 1 aliphatic carbocycles. The molecule has 0 bridgehead atoms. The number of nitrogens with one attached hydrogen (secondary N) is 1. The van der Waals surface area contributed by atoms with Gasteiger partial charge in [0.25, 0.3) is 0 Å². The number of carbonyl (C=O) groups excluding carboxylic acids is 2. The van der Waals surface area contributed by atoms with E-state index in [2.05, 4.69) is 19.2 Å². The van der Waals surface area contributed by atoms with Crippen LogP contribution in [0.1, 0.15) is 52.1 Å². The molecule has 2 aliphatic rings. The first-order valence-electron chi connectivity index (χ1n) is 9.07. The maximum atomic E-state index is 13.0. The van der Waals surface area contributed by atoms with Gasteiger partial charge in [-0.05, 0) is 43.4 Å². The summed E-state index contributed by atoms with van der Waals surface area (Å²) in [5.74, 6) is 0.451. The van der Waals surface area contributed by atoms with Gasteiger partial charge in [0, 0.05) is 24.2 Å². The van der Waals surface area contributed by atoms with Crippen LogP contribution in [0.4, 0.5) is 4.79 Å². The van der Waals surface area contributed by atoms with Crippen LogP contribution in [0.2, 0.25) is 0 Å². The number of carbonyl (C=O) groups is 2. The van der Waals surface area contributed by atoms with Crippen LogP contribution < -0.4 is 10.1 Å². The monoisotopic (exact) mass is 358 g/mol.